The van der Waals surface area contributed by atoms with Crippen LogP contribution in [0.15, 0.2) is 48.5 Å². The largest absolute Gasteiger partial charge is 0.466 e. The quantitative estimate of drug-likeness (QED) is 0.635. The van der Waals surface area contributed by atoms with E-state index in [-0.39, 0.29) is 5.57 Å². The molecule has 4 nitrogen and oxygen atoms in total. The van der Waals surface area contributed by atoms with Crippen molar-refractivity contribution in [1.29, 1.82) is 0 Å². The molecule has 0 saturated heterocycles. The number of fused-ring (bicyclic) bond motifs is 1. The average molecular weight is 270 g/mol. The molecule has 0 radical (unpaired) electrons. The molecule has 0 amide bonds. The highest BCUT2D eigenvalue weighted by Crippen LogP contribution is 2.32. The number of rotatable bonds is 3. The van der Waals surface area contributed by atoms with Gasteiger partial charge < -0.3 is 9.47 Å². The summed E-state index contributed by atoms with van der Waals surface area (Å²) < 4.78 is 9.32. The molecule has 2 aliphatic rings. The van der Waals surface area contributed by atoms with Gasteiger partial charge in [-0.05, 0) is 16.7 Å². The molecule has 0 aliphatic heterocycles. The fourth-order valence-corrected chi connectivity index (χ4v) is 1.98. The number of ether oxygens (including phenoxy) is 2. The topological polar surface area (TPSA) is 52.6 Å². The minimum absolute atomic E-state index is 0.181. The Morgan fingerprint density at radius 3 is 2.40 bits per heavy atom. The molecule has 0 aromatic rings. The zero-order chi connectivity index (χ0) is 14.5. The van der Waals surface area contributed by atoms with Crippen molar-refractivity contribution in [3.8, 4) is 11.1 Å². The van der Waals surface area contributed by atoms with Crippen molar-refractivity contribution >= 4 is 17.5 Å². The highest BCUT2D eigenvalue weighted by molar-refractivity contribution is 6.22. The number of carbonyl (C=O) groups is 2. The van der Waals surface area contributed by atoms with Crippen LogP contribution in [0.4, 0.5) is 0 Å². The summed E-state index contributed by atoms with van der Waals surface area (Å²) >= 11 is 0. The van der Waals surface area contributed by atoms with Crippen LogP contribution >= 0.6 is 0 Å². The third kappa shape index (κ3) is 2.69. The molecule has 2 aliphatic carbocycles. The Labute approximate surface area is 117 Å². The van der Waals surface area contributed by atoms with E-state index in [1.54, 1.807) is 6.07 Å². The van der Waals surface area contributed by atoms with Crippen LogP contribution < -0.4 is 0 Å². The van der Waals surface area contributed by atoms with E-state index in [2.05, 4.69) is 4.74 Å². The Kier molecular flexibility index (Phi) is 4.15. The van der Waals surface area contributed by atoms with Gasteiger partial charge in [-0.1, -0.05) is 42.5 Å². The monoisotopic (exact) mass is 270 g/mol. The molecule has 102 valence electrons. The SMILES string of the molecule is COC(=O)/C=C(/C(=O)OC)c1ccc2cccccc1-2. The highest BCUT2D eigenvalue weighted by Gasteiger charge is 2.19. The first-order chi connectivity index (χ1) is 9.67. The maximum atomic E-state index is 11.9. The van der Waals surface area contributed by atoms with E-state index in [1.807, 2.05) is 36.4 Å². The molecule has 0 saturated carbocycles. The van der Waals surface area contributed by atoms with E-state index < -0.39 is 11.9 Å². The lowest BCUT2D eigenvalue weighted by Crippen LogP contribution is -2.07. The number of hydrogen-bond donors (Lipinski definition) is 0. The van der Waals surface area contributed by atoms with Crippen LogP contribution in [-0.2, 0) is 19.1 Å². The third-order valence-corrected chi connectivity index (χ3v) is 2.95. The first kappa shape index (κ1) is 13.8. The van der Waals surface area contributed by atoms with Crippen LogP contribution in [0.3, 0.4) is 0 Å². The summed E-state index contributed by atoms with van der Waals surface area (Å²) in [6.45, 7) is 0. The van der Waals surface area contributed by atoms with Gasteiger partial charge in [-0.15, -0.1) is 0 Å². The highest BCUT2D eigenvalue weighted by atomic mass is 16.5. The Morgan fingerprint density at radius 2 is 1.70 bits per heavy atom. The van der Waals surface area contributed by atoms with Crippen LogP contribution in [-0.4, -0.2) is 26.2 Å². The van der Waals surface area contributed by atoms with E-state index in [9.17, 15) is 9.59 Å². The van der Waals surface area contributed by atoms with Gasteiger partial charge in [0.1, 0.15) is 0 Å². The summed E-state index contributed by atoms with van der Waals surface area (Å²) in [5.74, 6) is -1.17. The second-order valence-corrected chi connectivity index (χ2v) is 4.10. The van der Waals surface area contributed by atoms with Gasteiger partial charge in [-0.2, -0.15) is 0 Å². The van der Waals surface area contributed by atoms with Crippen molar-refractivity contribution in [3.05, 3.63) is 54.1 Å². The molecule has 4 heteroatoms. The van der Waals surface area contributed by atoms with Gasteiger partial charge in [0, 0.05) is 6.08 Å². The minimum atomic E-state index is -0.597. The fraction of sp³-hybridized carbons (Fsp3) is 0.125. The summed E-state index contributed by atoms with van der Waals surface area (Å²) in [6.07, 6.45) is 1.15. The second kappa shape index (κ2) is 6.02. The van der Waals surface area contributed by atoms with Gasteiger partial charge in [-0.3, -0.25) is 0 Å². The Balaban J connectivity index is 2.57. The predicted molar refractivity (Wildman–Crippen MR) is 75.1 cm³/mol. The van der Waals surface area contributed by atoms with Gasteiger partial charge in [0.05, 0.1) is 19.8 Å². The van der Waals surface area contributed by atoms with Crippen molar-refractivity contribution in [1.82, 2.24) is 0 Å². The van der Waals surface area contributed by atoms with E-state index in [4.69, 9.17) is 4.74 Å². The zero-order valence-corrected chi connectivity index (χ0v) is 11.3. The molecule has 0 N–H and O–H groups in total. The first-order valence-corrected chi connectivity index (χ1v) is 6.03. The second-order valence-electron chi connectivity index (χ2n) is 4.10. The van der Waals surface area contributed by atoms with E-state index in [0.29, 0.717) is 5.56 Å². The van der Waals surface area contributed by atoms with Crippen molar-refractivity contribution in [2.45, 2.75) is 0 Å². The van der Waals surface area contributed by atoms with Crippen LogP contribution in [0.1, 0.15) is 5.56 Å². The summed E-state index contributed by atoms with van der Waals surface area (Å²) in [4.78, 5) is 23.3. The number of hydrogen-bond acceptors (Lipinski definition) is 4. The molecule has 0 spiro atoms. The molecule has 0 aromatic carbocycles. The zero-order valence-electron chi connectivity index (χ0n) is 11.3. The minimum Gasteiger partial charge on any atom is -0.466 e. The van der Waals surface area contributed by atoms with Crippen LogP contribution in [0.25, 0.3) is 16.7 Å². The lowest BCUT2D eigenvalue weighted by molar-refractivity contribution is -0.136. The summed E-state index contributed by atoms with van der Waals surface area (Å²) in [5, 5.41) is 0. The number of carbonyl (C=O) groups excluding carboxylic acids is 2. The molecular formula is C16H14O4. The molecule has 2 rings (SSSR count). The normalized spacial score (nSPS) is 11.2. The van der Waals surface area contributed by atoms with Gasteiger partial charge in [0.15, 0.2) is 0 Å². The van der Waals surface area contributed by atoms with Gasteiger partial charge in [0.2, 0.25) is 0 Å². The van der Waals surface area contributed by atoms with Crippen molar-refractivity contribution < 1.29 is 19.1 Å². The first-order valence-electron chi connectivity index (χ1n) is 6.03. The maximum absolute atomic E-state index is 11.9. The molecule has 0 bridgehead atoms. The van der Waals surface area contributed by atoms with E-state index >= 15 is 0 Å². The van der Waals surface area contributed by atoms with Gasteiger partial charge in [0.25, 0.3) is 0 Å². The van der Waals surface area contributed by atoms with Gasteiger partial charge >= 0.3 is 11.9 Å². The standard InChI is InChI=1S/C16H14O4/c1-19-15(17)10-14(16(18)20-2)13-9-8-11-6-4-3-5-7-12(11)13/h3-10H,1-2H3/b14-10+. The van der Waals surface area contributed by atoms with E-state index in [1.165, 1.54) is 14.2 Å². The molecule has 0 fully saturated rings. The molecular weight excluding hydrogens is 256 g/mol. The number of esters is 2. The smallest absolute Gasteiger partial charge is 0.338 e. The predicted octanol–water partition coefficient (Wildman–Crippen LogP) is 2.52. The average Bonchev–Trinajstić information content (AvgIpc) is 2.71. The summed E-state index contributed by atoms with van der Waals surface area (Å²) in [6, 6.07) is 13.2. The van der Waals surface area contributed by atoms with Crippen LogP contribution in [0, 0.1) is 0 Å². The third-order valence-electron chi connectivity index (χ3n) is 2.95. The Bertz CT molecular complexity index is 643. The fourth-order valence-electron chi connectivity index (χ4n) is 1.98. The number of methoxy groups -OCH3 is 2. The van der Waals surface area contributed by atoms with Crippen molar-refractivity contribution in [3.63, 3.8) is 0 Å². The molecule has 0 aromatic heterocycles. The molecule has 0 heterocycles. The van der Waals surface area contributed by atoms with Crippen molar-refractivity contribution in [2.75, 3.05) is 14.2 Å². The Morgan fingerprint density at radius 1 is 0.950 bits per heavy atom. The lowest BCUT2D eigenvalue weighted by atomic mass is 10.0. The van der Waals surface area contributed by atoms with Crippen LogP contribution in [0.2, 0.25) is 0 Å². The lowest BCUT2D eigenvalue weighted by Gasteiger charge is -2.06. The molecule has 0 unspecified atom stereocenters. The summed E-state index contributed by atoms with van der Waals surface area (Å²) in [5.41, 5.74) is 2.68. The van der Waals surface area contributed by atoms with E-state index in [0.717, 1.165) is 17.2 Å². The molecule has 20 heavy (non-hydrogen) atoms. The molecule has 0 atom stereocenters. The summed E-state index contributed by atoms with van der Waals surface area (Å²) in [7, 11) is 2.54. The van der Waals surface area contributed by atoms with Crippen LogP contribution in [0.5, 0.6) is 0 Å². The maximum Gasteiger partial charge on any atom is 0.338 e. The van der Waals surface area contributed by atoms with Gasteiger partial charge in [-0.25, -0.2) is 9.59 Å². The Hall–Kier alpha value is -2.62. The van der Waals surface area contributed by atoms with Crippen molar-refractivity contribution in [2.24, 2.45) is 0 Å².